The van der Waals surface area contributed by atoms with Gasteiger partial charge in [-0.05, 0) is 63.4 Å². The lowest BCUT2D eigenvalue weighted by Crippen LogP contribution is -2.37. The quantitative estimate of drug-likeness (QED) is 0.375. The Morgan fingerprint density at radius 1 is 1.09 bits per heavy atom. The van der Waals surface area contributed by atoms with Crippen molar-refractivity contribution in [3.63, 3.8) is 0 Å². The standard InChI is InChI=1S/C27H31NO5/c1-16(2)33-20-11-7-8-18(15-20)24-23(25(29)21-14-17(3)12-13-22(21)32-4)26(30)27(31)28(24)19-9-5-6-10-19/h7-8,11-16,19,24,29H,5-6,9-10H2,1-4H3/b25-23+. The number of nitrogens with zero attached hydrogens (tertiary/aromatic N) is 1. The summed E-state index contributed by atoms with van der Waals surface area (Å²) < 4.78 is 11.3. The highest BCUT2D eigenvalue weighted by Crippen LogP contribution is 2.45. The molecule has 2 fully saturated rings. The highest BCUT2D eigenvalue weighted by Gasteiger charge is 2.49. The van der Waals surface area contributed by atoms with Gasteiger partial charge in [0.05, 0.1) is 30.4 Å². The van der Waals surface area contributed by atoms with E-state index in [9.17, 15) is 14.7 Å². The van der Waals surface area contributed by atoms with E-state index in [0.717, 1.165) is 36.8 Å². The van der Waals surface area contributed by atoms with Crippen molar-refractivity contribution in [3.05, 3.63) is 64.7 Å². The van der Waals surface area contributed by atoms with E-state index in [1.807, 2.05) is 51.1 Å². The Bertz CT molecular complexity index is 1100. The van der Waals surface area contributed by atoms with E-state index < -0.39 is 17.7 Å². The molecule has 0 bridgehead atoms. The zero-order chi connectivity index (χ0) is 23.7. The van der Waals surface area contributed by atoms with Crippen molar-refractivity contribution < 1.29 is 24.2 Å². The summed E-state index contributed by atoms with van der Waals surface area (Å²) in [4.78, 5) is 28.3. The number of carbonyl (C=O) groups excluding carboxylic acids is 2. The van der Waals surface area contributed by atoms with Crippen LogP contribution < -0.4 is 9.47 Å². The van der Waals surface area contributed by atoms with E-state index in [1.54, 1.807) is 17.0 Å². The fourth-order valence-corrected chi connectivity index (χ4v) is 4.92. The summed E-state index contributed by atoms with van der Waals surface area (Å²) in [6.45, 7) is 5.79. The molecule has 1 atom stereocenters. The molecule has 1 saturated carbocycles. The van der Waals surface area contributed by atoms with Gasteiger partial charge in [-0.25, -0.2) is 0 Å². The molecule has 1 unspecified atom stereocenters. The van der Waals surface area contributed by atoms with Gasteiger partial charge in [0, 0.05) is 6.04 Å². The van der Waals surface area contributed by atoms with Gasteiger partial charge in [0.2, 0.25) is 0 Å². The van der Waals surface area contributed by atoms with Gasteiger partial charge in [-0.15, -0.1) is 0 Å². The summed E-state index contributed by atoms with van der Waals surface area (Å²) in [6.07, 6.45) is 3.71. The molecule has 1 aliphatic heterocycles. The summed E-state index contributed by atoms with van der Waals surface area (Å²) in [5, 5.41) is 11.4. The first-order chi connectivity index (χ1) is 15.8. The molecule has 2 aromatic rings. The number of aliphatic hydroxyl groups excluding tert-OH is 1. The van der Waals surface area contributed by atoms with Crippen LogP contribution in [-0.2, 0) is 9.59 Å². The van der Waals surface area contributed by atoms with Gasteiger partial charge >= 0.3 is 0 Å². The topological polar surface area (TPSA) is 76.1 Å². The van der Waals surface area contributed by atoms with Gasteiger partial charge in [0.1, 0.15) is 17.3 Å². The number of amides is 1. The largest absolute Gasteiger partial charge is 0.507 e. The Kier molecular flexibility index (Phi) is 6.45. The van der Waals surface area contributed by atoms with Crippen molar-refractivity contribution in [1.29, 1.82) is 0 Å². The van der Waals surface area contributed by atoms with E-state index >= 15 is 0 Å². The van der Waals surface area contributed by atoms with Crippen LogP contribution in [0, 0.1) is 6.92 Å². The van der Waals surface area contributed by atoms with E-state index in [4.69, 9.17) is 9.47 Å². The Labute approximate surface area is 194 Å². The molecule has 1 aliphatic carbocycles. The number of carbonyl (C=O) groups is 2. The molecule has 6 nitrogen and oxygen atoms in total. The number of aryl methyl sites for hydroxylation is 1. The number of methoxy groups -OCH3 is 1. The van der Waals surface area contributed by atoms with Gasteiger partial charge in [-0.3, -0.25) is 9.59 Å². The number of rotatable bonds is 6. The molecule has 0 radical (unpaired) electrons. The molecule has 0 aromatic heterocycles. The number of aliphatic hydroxyl groups is 1. The first kappa shape index (κ1) is 22.9. The predicted molar refractivity (Wildman–Crippen MR) is 126 cm³/mol. The molecule has 6 heteroatoms. The van der Waals surface area contributed by atoms with Crippen molar-refractivity contribution in [2.75, 3.05) is 7.11 Å². The monoisotopic (exact) mass is 449 g/mol. The lowest BCUT2D eigenvalue weighted by Gasteiger charge is -2.31. The van der Waals surface area contributed by atoms with Crippen LogP contribution in [0.3, 0.4) is 0 Å². The maximum Gasteiger partial charge on any atom is 0.295 e. The molecule has 0 spiro atoms. The number of ether oxygens (including phenoxy) is 2. The summed E-state index contributed by atoms with van der Waals surface area (Å²) in [6, 6.07) is 12.1. The molecular formula is C27H31NO5. The molecule has 1 amide bonds. The third kappa shape index (κ3) is 4.34. The van der Waals surface area contributed by atoms with E-state index in [0.29, 0.717) is 17.1 Å². The van der Waals surface area contributed by atoms with Gasteiger partial charge in [-0.1, -0.05) is 36.6 Å². The summed E-state index contributed by atoms with van der Waals surface area (Å²) >= 11 is 0. The van der Waals surface area contributed by atoms with Crippen LogP contribution in [0.25, 0.3) is 5.76 Å². The smallest absolute Gasteiger partial charge is 0.295 e. The molecule has 2 aromatic carbocycles. The van der Waals surface area contributed by atoms with Gasteiger partial charge in [0.25, 0.3) is 11.7 Å². The number of Topliss-reactive ketones (excluding diaryl/α,β-unsaturated/α-hetero) is 1. The normalized spacial score (nSPS) is 20.6. The van der Waals surface area contributed by atoms with Crippen LogP contribution >= 0.6 is 0 Å². The maximum absolute atomic E-state index is 13.3. The Hall–Kier alpha value is -3.28. The van der Waals surface area contributed by atoms with Crippen molar-refractivity contribution >= 4 is 17.4 Å². The number of benzene rings is 2. The molecule has 4 rings (SSSR count). The minimum Gasteiger partial charge on any atom is -0.507 e. The van der Waals surface area contributed by atoms with Crippen molar-refractivity contribution in [2.24, 2.45) is 0 Å². The van der Waals surface area contributed by atoms with Crippen LogP contribution in [0.1, 0.15) is 62.3 Å². The number of ketones is 1. The van der Waals surface area contributed by atoms with E-state index in [1.165, 1.54) is 7.11 Å². The zero-order valence-electron chi connectivity index (χ0n) is 19.6. The molecule has 1 saturated heterocycles. The van der Waals surface area contributed by atoms with Crippen LogP contribution in [0.2, 0.25) is 0 Å². The third-order valence-corrected chi connectivity index (χ3v) is 6.35. The molecule has 1 N–H and O–H groups in total. The van der Waals surface area contributed by atoms with Crippen molar-refractivity contribution in [1.82, 2.24) is 4.90 Å². The average molecular weight is 450 g/mol. The molecule has 1 heterocycles. The number of likely N-dealkylation sites (tertiary alicyclic amines) is 1. The Balaban J connectivity index is 1.91. The van der Waals surface area contributed by atoms with Crippen LogP contribution in [0.15, 0.2) is 48.0 Å². The summed E-state index contributed by atoms with van der Waals surface area (Å²) in [5.41, 5.74) is 2.15. The van der Waals surface area contributed by atoms with Gasteiger partial charge < -0.3 is 19.5 Å². The third-order valence-electron chi connectivity index (χ3n) is 6.35. The Morgan fingerprint density at radius 3 is 2.48 bits per heavy atom. The summed E-state index contributed by atoms with van der Waals surface area (Å²) in [7, 11) is 1.52. The number of hydrogen-bond acceptors (Lipinski definition) is 5. The van der Waals surface area contributed by atoms with Crippen LogP contribution in [0.5, 0.6) is 11.5 Å². The molecule has 174 valence electrons. The molecular weight excluding hydrogens is 418 g/mol. The lowest BCUT2D eigenvalue weighted by molar-refractivity contribution is -0.141. The van der Waals surface area contributed by atoms with Gasteiger partial charge in [0.15, 0.2) is 0 Å². The predicted octanol–water partition coefficient (Wildman–Crippen LogP) is 5.16. The summed E-state index contributed by atoms with van der Waals surface area (Å²) in [5.74, 6) is -0.332. The Morgan fingerprint density at radius 2 is 1.82 bits per heavy atom. The minimum atomic E-state index is -0.686. The minimum absolute atomic E-state index is 0.0157. The molecule has 2 aliphatic rings. The fraction of sp³-hybridized carbons (Fsp3) is 0.407. The van der Waals surface area contributed by atoms with Crippen molar-refractivity contribution in [2.45, 2.75) is 64.6 Å². The van der Waals surface area contributed by atoms with Crippen molar-refractivity contribution in [3.8, 4) is 11.5 Å². The van der Waals surface area contributed by atoms with E-state index in [2.05, 4.69) is 0 Å². The lowest BCUT2D eigenvalue weighted by atomic mass is 9.93. The van der Waals surface area contributed by atoms with Crippen LogP contribution in [0.4, 0.5) is 0 Å². The zero-order valence-corrected chi connectivity index (χ0v) is 19.6. The van der Waals surface area contributed by atoms with E-state index in [-0.39, 0.29) is 23.5 Å². The first-order valence-corrected chi connectivity index (χ1v) is 11.5. The SMILES string of the molecule is COc1ccc(C)cc1/C(O)=C1\C(=O)C(=O)N(C2CCCC2)C1c1cccc(OC(C)C)c1. The second-order valence-corrected chi connectivity index (χ2v) is 9.09. The molecule has 33 heavy (non-hydrogen) atoms. The second-order valence-electron chi connectivity index (χ2n) is 9.09. The number of hydrogen-bond donors (Lipinski definition) is 1. The highest BCUT2D eigenvalue weighted by molar-refractivity contribution is 6.46. The van der Waals surface area contributed by atoms with Crippen LogP contribution in [-0.4, -0.2) is 41.0 Å². The maximum atomic E-state index is 13.3. The first-order valence-electron chi connectivity index (χ1n) is 11.5. The second kappa shape index (κ2) is 9.30. The van der Waals surface area contributed by atoms with Gasteiger partial charge in [-0.2, -0.15) is 0 Å². The highest BCUT2D eigenvalue weighted by atomic mass is 16.5. The average Bonchev–Trinajstić information content (AvgIpc) is 3.40. The fourth-order valence-electron chi connectivity index (χ4n) is 4.92.